The number of piperazine rings is 1. The number of benzene rings is 2. The molecule has 0 aliphatic carbocycles. The van der Waals surface area contributed by atoms with E-state index in [0.717, 1.165) is 38.2 Å². The molecule has 7 heteroatoms. The van der Waals surface area contributed by atoms with Crippen molar-refractivity contribution in [3.05, 3.63) is 59.9 Å². The maximum Gasteiger partial charge on any atom is 0.313 e. The van der Waals surface area contributed by atoms with Crippen LogP contribution in [0.2, 0.25) is 0 Å². The molecule has 1 heterocycles. The fraction of sp³-hybridized carbons (Fsp3) is 0.364. The zero-order valence-electron chi connectivity index (χ0n) is 16.7. The fourth-order valence-corrected chi connectivity index (χ4v) is 3.46. The van der Waals surface area contributed by atoms with Gasteiger partial charge in [0.15, 0.2) is 0 Å². The maximum absolute atomic E-state index is 13.9. The minimum absolute atomic E-state index is 0.205. The van der Waals surface area contributed by atoms with Crippen LogP contribution in [0.3, 0.4) is 0 Å². The van der Waals surface area contributed by atoms with Crippen molar-refractivity contribution in [1.82, 2.24) is 10.2 Å². The van der Waals surface area contributed by atoms with E-state index >= 15 is 0 Å². The van der Waals surface area contributed by atoms with Crippen LogP contribution in [0.15, 0.2) is 48.5 Å². The summed E-state index contributed by atoms with van der Waals surface area (Å²) in [5.41, 5.74) is 2.28. The molecule has 2 amide bonds. The van der Waals surface area contributed by atoms with Gasteiger partial charge in [0.05, 0.1) is 5.69 Å². The van der Waals surface area contributed by atoms with Gasteiger partial charge < -0.3 is 15.5 Å². The Morgan fingerprint density at radius 2 is 1.66 bits per heavy atom. The molecule has 6 nitrogen and oxygen atoms in total. The lowest BCUT2D eigenvalue weighted by atomic mass is 10.1. The van der Waals surface area contributed by atoms with Gasteiger partial charge in [-0.05, 0) is 30.2 Å². The Hall–Kier alpha value is -2.93. The Bertz CT molecular complexity index is 850. The van der Waals surface area contributed by atoms with E-state index in [1.54, 1.807) is 18.2 Å². The second-order valence-electron chi connectivity index (χ2n) is 7.00. The largest absolute Gasteiger partial charge is 0.367 e. The van der Waals surface area contributed by atoms with Crippen LogP contribution in [0, 0.1) is 5.82 Å². The number of halogens is 1. The van der Waals surface area contributed by atoms with Gasteiger partial charge in [-0.2, -0.15) is 0 Å². The van der Waals surface area contributed by atoms with Gasteiger partial charge in [0.1, 0.15) is 5.82 Å². The van der Waals surface area contributed by atoms with Gasteiger partial charge in [-0.3, -0.25) is 14.5 Å². The number of amides is 2. The molecule has 1 aliphatic heterocycles. The van der Waals surface area contributed by atoms with Crippen LogP contribution in [0.1, 0.15) is 12.5 Å². The molecular weight excluding hydrogens is 371 g/mol. The summed E-state index contributed by atoms with van der Waals surface area (Å²) in [6.07, 6.45) is 0.775. The quantitative estimate of drug-likeness (QED) is 0.733. The van der Waals surface area contributed by atoms with Gasteiger partial charge in [0, 0.05) is 45.0 Å². The molecule has 0 saturated carbocycles. The van der Waals surface area contributed by atoms with Crippen LogP contribution in [-0.4, -0.2) is 56.0 Å². The molecule has 2 N–H and O–H groups in total. The SMILES string of the molecule is CCc1ccccc1NC(=O)C(=O)NCCN1CCN(c2ccccc2F)CC1. The van der Waals surface area contributed by atoms with E-state index in [2.05, 4.69) is 15.5 Å². The molecule has 1 aliphatic rings. The van der Waals surface area contributed by atoms with Crippen molar-refractivity contribution in [3.8, 4) is 0 Å². The molecule has 0 unspecified atom stereocenters. The van der Waals surface area contributed by atoms with E-state index in [1.807, 2.05) is 36.1 Å². The first-order valence-corrected chi connectivity index (χ1v) is 9.97. The van der Waals surface area contributed by atoms with Gasteiger partial charge in [0.25, 0.3) is 0 Å². The highest BCUT2D eigenvalue weighted by atomic mass is 19.1. The standard InChI is InChI=1S/C22H27FN4O2/c1-2-17-7-3-5-9-19(17)25-22(29)21(28)24-11-12-26-13-15-27(16-14-26)20-10-6-4-8-18(20)23/h3-10H,2,11-16H2,1H3,(H,24,28)(H,25,29). The highest BCUT2D eigenvalue weighted by Crippen LogP contribution is 2.20. The van der Waals surface area contributed by atoms with Crippen LogP contribution in [0.4, 0.5) is 15.8 Å². The second-order valence-corrected chi connectivity index (χ2v) is 7.00. The zero-order valence-corrected chi connectivity index (χ0v) is 16.7. The Morgan fingerprint density at radius 1 is 0.966 bits per heavy atom. The third-order valence-electron chi connectivity index (χ3n) is 5.13. The predicted octanol–water partition coefficient (Wildman–Crippen LogP) is 2.26. The Morgan fingerprint density at radius 3 is 2.38 bits per heavy atom. The van der Waals surface area contributed by atoms with Crippen LogP contribution >= 0.6 is 0 Å². The minimum atomic E-state index is -0.657. The third-order valence-corrected chi connectivity index (χ3v) is 5.13. The van der Waals surface area contributed by atoms with Crippen LogP contribution in [0.25, 0.3) is 0 Å². The molecule has 0 aromatic heterocycles. The smallest absolute Gasteiger partial charge is 0.313 e. The summed E-state index contributed by atoms with van der Waals surface area (Å²) in [5, 5.41) is 5.35. The summed E-state index contributed by atoms with van der Waals surface area (Å²) in [7, 11) is 0. The summed E-state index contributed by atoms with van der Waals surface area (Å²) >= 11 is 0. The topological polar surface area (TPSA) is 64.7 Å². The molecule has 0 spiro atoms. The first-order chi connectivity index (χ1) is 14.1. The number of rotatable bonds is 6. The van der Waals surface area contributed by atoms with Crippen molar-refractivity contribution in [1.29, 1.82) is 0 Å². The molecule has 0 bridgehead atoms. The van der Waals surface area contributed by atoms with Gasteiger partial charge in [-0.15, -0.1) is 0 Å². The first-order valence-electron chi connectivity index (χ1n) is 9.97. The van der Waals surface area contributed by atoms with Crippen molar-refractivity contribution >= 4 is 23.2 Å². The monoisotopic (exact) mass is 398 g/mol. The first kappa shape index (κ1) is 20.8. The van der Waals surface area contributed by atoms with E-state index < -0.39 is 11.8 Å². The lowest BCUT2D eigenvalue weighted by molar-refractivity contribution is -0.136. The van der Waals surface area contributed by atoms with Crippen molar-refractivity contribution in [3.63, 3.8) is 0 Å². The summed E-state index contributed by atoms with van der Waals surface area (Å²) in [6.45, 7) is 6.04. The predicted molar refractivity (Wildman–Crippen MR) is 113 cm³/mol. The molecule has 0 atom stereocenters. The van der Waals surface area contributed by atoms with Crippen molar-refractivity contribution < 1.29 is 14.0 Å². The Labute approximate surface area is 170 Å². The normalized spacial score (nSPS) is 14.5. The molecule has 29 heavy (non-hydrogen) atoms. The summed E-state index contributed by atoms with van der Waals surface area (Å²) in [5.74, 6) is -1.50. The van der Waals surface area contributed by atoms with E-state index in [4.69, 9.17) is 0 Å². The average molecular weight is 398 g/mol. The van der Waals surface area contributed by atoms with E-state index in [-0.39, 0.29) is 5.82 Å². The summed E-state index contributed by atoms with van der Waals surface area (Å²) < 4.78 is 13.9. The number of carbonyl (C=O) groups excluding carboxylic acids is 2. The van der Waals surface area contributed by atoms with Crippen molar-refractivity contribution in [2.75, 3.05) is 49.5 Å². The van der Waals surface area contributed by atoms with Crippen molar-refractivity contribution in [2.45, 2.75) is 13.3 Å². The van der Waals surface area contributed by atoms with Crippen LogP contribution in [-0.2, 0) is 16.0 Å². The molecule has 154 valence electrons. The number of nitrogens with one attached hydrogen (secondary N) is 2. The number of anilines is 2. The third kappa shape index (κ3) is 5.54. The lowest BCUT2D eigenvalue weighted by Gasteiger charge is -2.36. The average Bonchev–Trinajstić information content (AvgIpc) is 2.75. The number of aryl methyl sites for hydroxylation is 1. The number of para-hydroxylation sites is 2. The zero-order chi connectivity index (χ0) is 20.6. The van der Waals surface area contributed by atoms with Crippen molar-refractivity contribution in [2.24, 2.45) is 0 Å². The molecule has 2 aromatic carbocycles. The molecule has 3 rings (SSSR count). The van der Waals surface area contributed by atoms with E-state index in [1.165, 1.54) is 6.07 Å². The summed E-state index contributed by atoms with van der Waals surface area (Å²) in [6, 6.07) is 14.2. The molecule has 0 radical (unpaired) electrons. The van der Waals surface area contributed by atoms with Gasteiger partial charge in [0.2, 0.25) is 0 Å². The van der Waals surface area contributed by atoms with Crippen LogP contribution < -0.4 is 15.5 Å². The van der Waals surface area contributed by atoms with E-state index in [0.29, 0.717) is 24.5 Å². The van der Waals surface area contributed by atoms with E-state index in [9.17, 15) is 14.0 Å². The lowest BCUT2D eigenvalue weighted by Crippen LogP contribution is -2.49. The second kappa shape index (κ2) is 10.0. The Balaban J connectivity index is 1.39. The number of carbonyl (C=O) groups is 2. The van der Waals surface area contributed by atoms with Gasteiger partial charge >= 0.3 is 11.8 Å². The Kier molecular flexibility index (Phi) is 7.19. The molecule has 1 saturated heterocycles. The molecule has 1 fully saturated rings. The number of nitrogens with zero attached hydrogens (tertiary/aromatic N) is 2. The van der Waals surface area contributed by atoms with Gasteiger partial charge in [-0.25, -0.2) is 4.39 Å². The number of hydrogen-bond donors (Lipinski definition) is 2. The summed E-state index contributed by atoms with van der Waals surface area (Å²) in [4.78, 5) is 28.4. The van der Waals surface area contributed by atoms with Gasteiger partial charge in [-0.1, -0.05) is 37.3 Å². The van der Waals surface area contributed by atoms with Crippen LogP contribution in [0.5, 0.6) is 0 Å². The molecule has 2 aromatic rings. The molecular formula is C22H27FN4O2. The highest BCUT2D eigenvalue weighted by molar-refractivity contribution is 6.39. The highest BCUT2D eigenvalue weighted by Gasteiger charge is 2.20. The number of hydrogen-bond acceptors (Lipinski definition) is 4. The maximum atomic E-state index is 13.9. The minimum Gasteiger partial charge on any atom is -0.367 e. The fourth-order valence-electron chi connectivity index (χ4n) is 3.46.